The lowest BCUT2D eigenvalue weighted by atomic mass is 10.2. The highest BCUT2D eigenvalue weighted by Crippen LogP contribution is 2.30. The molecule has 128 valence electrons. The van der Waals surface area contributed by atoms with Gasteiger partial charge in [-0.05, 0) is 55.8 Å². The molecule has 0 spiro atoms. The van der Waals surface area contributed by atoms with E-state index < -0.39 is 0 Å². The van der Waals surface area contributed by atoms with E-state index in [1.807, 2.05) is 50.2 Å². The molecule has 0 radical (unpaired) electrons. The number of rotatable bonds is 4. The number of carbonyl (C=O) groups excluding carboxylic acids is 1. The predicted octanol–water partition coefficient (Wildman–Crippen LogP) is 5.34. The van der Waals surface area contributed by atoms with Gasteiger partial charge in [-0.2, -0.15) is 0 Å². The fourth-order valence-corrected chi connectivity index (χ4v) is 3.61. The van der Waals surface area contributed by atoms with Crippen molar-refractivity contribution in [2.75, 3.05) is 12.4 Å². The van der Waals surface area contributed by atoms with Crippen molar-refractivity contribution < 1.29 is 9.53 Å². The van der Waals surface area contributed by atoms with Crippen molar-refractivity contribution >= 4 is 34.5 Å². The van der Waals surface area contributed by atoms with Crippen LogP contribution >= 0.6 is 22.9 Å². The second-order valence-electron chi connectivity index (χ2n) is 5.60. The van der Waals surface area contributed by atoms with Crippen LogP contribution in [0.5, 0.6) is 5.75 Å². The molecule has 0 saturated carbocycles. The summed E-state index contributed by atoms with van der Waals surface area (Å²) in [5.41, 5.74) is 3.27. The van der Waals surface area contributed by atoms with Gasteiger partial charge in [0, 0.05) is 5.56 Å². The van der Waals surface area contributed by atoms with Crippen molar-refractivity contribution in [3.63, 3.8) is 0 Å². The molecule has 0 saturated heterocycles. The number of anilines is 1. The zero-order valence-corrected chi connectivity index (χ0v) is 15.7. The molecule has 0 aliphatic carbocycles. The molecule has 0 bridgehead atoms. The van der Waals surface area contributed by atoms with Gasteiger partial charge >= 0.3 is 0 Å². The number of halogens is 1. The van der Waals surface area contributed by atoms with Crippen LogP contribution in [-0.4, -0.2) is 18.0 Å². The second kappa shape index (κ2) is 7.25. The molecular formula is C19H17ClN2O2S. The molecule has 0 atom stereocenters. The molecule has 3 rings (SSSR count). The number of hydrogen-bond acceptors (Lipinski definition) is 4. The summed E-state index contributed by atoms with van der Waals surface area (Å²) in [6, 6.07) is 13.1. The fraction of sp³-hybridized carbons (Fsp3) is 0.158. The molecule has 25 heavy (non-hydrogen) atoms. The fourth-order valence-electron chi connectivity index (χ4n) is 2.36. The smallest absolute Gasteiger partial charge is 0.267 e. The van der Waals surface area contributed by atoms with Crippen molar-refractivity contribution in [1.29, 1.82) is 0 Å². The Kier molecular flexibility index (Phi) is 5.06. The topological polar surface area (TPSA) is 51.2 Å². The molecule has 0 aliphatic rings. The minimum Gasteiger partial charge on any atom is -0.497 e. The number of aromatic nitrogens is 1. The van der Waals surface area contributed by atoms with Crippen molar-refractivity contribution in [2.45, 2.75) is 13.8 Å². The Morgan fingerprint density at radius 1 is 1.16 bits per heavy atom. The van der Waals surface area contributed by atoms with Crippen molar-refractivity contribution in [2.24, 2.45) is 0 Å². The van der Waals surface area contributed by atoms with Gasteiger partial charge in [-0.3, -0.25) is 4.79 Å². The molecule has 3 aromatic rings. The van der Waals surface area contributed by atoms with Gasteiger partial charge in [0.2, 0.25) is 0 Å². The van der Waals surface area contributed by atoms with E-state index in [0.29, 0.717) is 21.3 Å². The lowest BCUT2D eigenvalue weighted by Crippen LogP contribution is -2.11. The number of nitrogens with one attached hydrogen (secondary N) is 1. The Morgan fingerprint density at radius 2 is 1.88 bits per heavy atom. The van der Waals surface area contributed by atoms with Crippen LogP contribution in [0.15, 0.2) is 42.5 Å². The molecule has 1 amide bonds. The third-order valence-corrected chi connectivity index (χ3v) is 5.23. The summed E-state index contributed by atoms with van der Waals surface area (Å²) in [7, 11) is 1.63. The monoisotopic (exact) mass is 372 g/mol. The van der Waals surface area contributed by atoms with Crippen LogP contribution < -0.4 is 10.1 Å². The average molecular weight is 373 g/mol. The van der Waals surface area contributed by atoms with E-state index in [4.69, 9.17) is 16.3 Å². The lowest BCUT2D eigenvalue weighted by Gasteiger charge is -2.07. The van der Waals surface area contributed by atoms with Crippen LogP contribution in [0, 0.1) is 13.8 Å². The number of methoxy groups -OCH3 is 1. The molecule has 0 unspecified atom stereocenters. The third-order valence-electron chi connectivity index (χ3n) is 3.71. The maximum absolute atomic E-state index is 12.6. The minimum atomic E-state index is -0.208. The minimum absolute atomic E-state index is 0.208. The maximum Gasteiger partial charge on any atom is 0.267 e. The molecule has 1 aromatic heterocycles. The van der Waals surface area contributed by atoms with Crippen molar-refractivity contribution in [1.82, 2.24) is 4.98 Å². The largest absolute Gasteiger partial charge is 0.497 e. The van der Waals surface area contributed by atoms with Crippen LogP contribution in [0.4, 0.5) is 5.69 Å². The number of thiazole rings is 1. The van der Waals surface area contributed by atoms with Gasteiger partial charge < -0.3 is 10.1 Å². The zero-order chi connectivity index (χ0) is 18.0. The van der Waals surface area contributed by atoms with E-state index in [0.717, 1.165) is 21.9 Å². The second-order valence-corrected chi connectivity index (χ2v) is 7.01. The van der Waals surface area contributed by atoms with Crippen LogP contribution in [-0.2, 0) is 0 Å². The molecule has 1 N–H and O–H groups in total. The molecule has 0 fully saturated rings. The number of amides is 1. The maximum atomic E-state index is 12.6. The van der Waals surface area contributed by atoms with Crippen molar-refractivity contribution in [3.05, 3.63) is 63.6 Å². The first-order chi connectivity index (χ1) is 12.0. The van der Waals surface area contributed by atoms with E-state index in [1.165, 1.54) is 11.3 Å². The Balaban J connectivity index is 1.84. The zero-order valence-electron chi connectivity index (χ0n) is 14.1. The van der Waals surface area contributed by atoms with Gasteiger partial charge in [-0.25, -0.2) is 4.98 Å². The Hall–Kier alpha value is -2.37. The number of nitrogens with zero attached hydrogens (tertiary/aromatic N) is 1. The molecule has 0 aliphatic heterocycles. The summed E-state index contributed by atoms with van der Waals surface area (Å²) >= 11 is 7.55. The van der Waals surface area contributed by atoms with Crippen LogP contribution in [0.25, 0.3) is 10.6 Å². The van der Waals surface area contributed by atoms with Crippen LogP contribution in [0.1, 0.15) is 20.9 Å². The van der Waals surface area contributed by atoms with Gasteiger partial charge in [-0.1, -0.05) is 17.7 Å². The van der Waals surface area contributed by atoms with E-state index in [9.17, 15) is 4.79 Å². The normalized spacial score (nSPS) is 10.6. The first kappa shape index (κ1) is 17.5. The Labute approximate surface area is 155 Å². The highest BCUT2D eigenvalue weighted by molar-refractivity contribution is 7.17. The standard InChI is InChI=1S/C19H17ClN2O2S/c1-11-4-9-16(15(20)10-11)22-18(23)17-12(2)21-19(25-17)13-5-7-14(24-3)8-6-13/h4-10H,1-3H3,(H,22,23). The quantitative estimate of drug-likeness (QED) is 0.672. The number of carbonyl (C=O) groups is 1. The summed E-state index contributed by atoms with van der Waals surface area (Å²) in [6.45, 7) is 3.78. The lowest BCUT2D eigenvalue weighted by molar-refractivity contribution is 0.103. The number of ether oxygens (including phenoxy) is 1. The average Bonchev–Trinajstić information content (AvgIpc) is 2.99. The summed E-state index contributed by atoms with van der Waals surface area (Å²) in [5.74, 6) is 0.574. The molecule has 2 aromatic carbocycles. The Bertz CT molecular complexity index is 920. The van der Waals surface area contributed by atoms with Gasteiger partial charge in [0.05, 0.1) is 23.5 Å². The van der Waals surface area contributed by atoms with E-state index in [-0.39, 0.29) is 5.91 Å². The van der Waals surface area contributed by atoms with Gasteiger partial charge in [0.15, 0.2) is 0 Å². The molecule has 4 nitrogen and oxygen atoms in total. The molecular weight excluding hydrogens is 356 g/mol. The number of hydrogen-bond donors (Lipinski definition) is 1. The first-order valence-corrected chi connectivity index (χ1v) is 8.86. The van der Waals surface area contributed by atoms with E-state index >= 15 is 0 Å². The summed E-state index contributed by atoms with van der Waals surface area (Å²) < 4.78 is 5.16. The molecule has 6 heteroatoms. The first-order valence-electron chi connectivity index (χ1n) is 7.67. The third kappa shape index (κ3) is 3.83. The van der Waals surface area contributed by atoms with E-state index in [1.54, 1.807) is 13.2 Å². The summed E-state index contributed by atoms with van der Waals surface area (Å²) in [6.07, 6.45) is 0. The Morgan fingerprint density at radius 3 is 2.52 bits per heavy atom. The summed E-state index contributed by atoms with van der Waals surface area (Å²) in [5, 5.41) is 4.17. The number of benzene rings is 2. The van der Waals surface area contributed by atoms with Crippen LogP contribution in [0.3, 0.4) is 0 Å². The van der Waals surface area contributed by atoms with Crippen LogP contribution in [0.2, 0.25) is 5.02 Å². The van der Waals surface area contributed by atoms with Gasteiger partial charge in [-0.15, -0.1) is 11.3 Å². The predicted molar refractivity (Wildman–Crippen MR) is 103 cm³/mol. The molecule has 1 heterocycles. The number of aryl methyl sites for hydroxylation is 2. The highest BCUT2D eigenvalue weighted by Gasteiger charge is 2.17. The van der Waals surface area contributed by atoms with Crippen molar-refractivity contribution in [3.8, 4) is 16.3 Å². The van der Waals surface area contributed by atoms with Gasteiger partial charge in [0.1, 0.15) is 15.6 Å². The SMILES string of the molecule is COc1ccc(-c2nc(C)c(C(=O)Nc3ccc(C)cc3Cl)s2)cc1. The summed E-state index contributed by atoms with van der Waals surface area (Å²) in [4.78, 5) is 17.7. The van der Waals surface area contributed by atoms with E-state index in [2.05, 4.69) is 10.3 Å². The van der Waals surface area contributed by atoms with Gasteiger partial charge in [0.25, 0.3) is 5.91 Å². The highest BCUT2D eigenvalue weighted by atomic mass is 35.5.